The second kappa shape index (κ2) is 6.16. The van der Waals surface area contributed by atoms with Crippen LogP contribution in [0.5, 0.6) is 0 Å². The van der Waals surface area contributed by atoms with Crippen LogP contribution in [-0.2, 0) is 19.7 Å². The number of aliphatic hydroxyl groups excluding tert-OH is 1. The second-order valence-electron chi connectivity index (χ2n) is 8.96. The van der Waals surface area contributed by atoms with E-state index in [0.29, 0.717) is 25.8 Å². The number of fused-ring (bicyclic) bond motifs is 3. The first-order chi connectivity index (χ1) is 14.0. The topological polar surface area (TPSA) is 87.7 Å². The molecule has 1 aromatic carbocycles. The molecule has 2 bridgehead atoms. The van der Waals surface area contributed by atoms with E-state index in [9.17, 15) is 14.7 Å². The summed E-state index contributed by atoms with van der Waals surface area (Å²) in [5, 5.41) is 18.3. The molecule has 0 amide bonds. The molecule has 2 aliphatic carbocycles. The van der Waals surface area contributed by atoms with Crippen LogP contribution < -0.4 is 10.6 Å². The largest absolute Gasteiger partial charge is 0.469 e. The van der Waals surface area contributed by atoms with Gasteiger partial charge in [-0.15, -0.1) is 0 Å². The zero-order chi connectivity index (χ0) is 20.4. The summed E-state index contributed by atoms with van der Waals surface area (Å²) in [4.78, 5) is 26.3. The molecule has 2 aliphatic heterocycles. The Kier molecular flexibility index (Phi) is 4.00. The lowest BCUT2D eigenvalue weighted by Gasteiger charge is -2.64. The highest BCUT2D eigenvalue weighted by atomic mass is 16.5. The Morgan fingerprint density at radius 3 is 2.90 bits per heavy atom. The maximum atomic E-state index is 13.6. The van der Waals surface area contributed by atoms with Crippen LogP contribution in [0.1, 0.15) is 38.2 Å². The molecule has 2 saturated carbocycles. The zero-order valence-corrected chi connectivity index (χ0v) is 17.0. The highest BCUT2D eigenvalue weighted by Crippen LogP contribution is 2.72. The molecule has 6 heteroatoms. The Morgan fingerprint density at radius 2 is 2.17 bits per heavy atom. The minimum atomic E-state index is -0.844. The number of methoxy groups -OCH3 is 1. The predicted molar refractivity (Wildman–Crippen MR) is 109 cm³/mol. The quantitative estimate of drug-likeness (QED) is 0.535. The SMILES string of the molecule is C/C=C1/CN[C@@H]2C[C@@H]1[C@@](CO)(CC(=O)OC)[C@@]13CCC(=O)[C@@]21Nc1ccccc13. The first-order valence-electron chi connectivity index (χ1n) is 10.5. The van der Waals surface area contributed by atoms with Crippen LogP contribution in [0.25, 0.3) is 0 Å². The van der Waals surface area contributed by atoms with E-state index in [1.54, 1.807) is 0 Å². The van der Waals surface area contributed by atoms with Gasteiger partial charge in [-0.25, -0.2) is 0 Å². The van der Waals surface area contributed by atoms with Gasteiger partial charge in [0.15, 0.2) is 5.78 Å². The predicted octanol–water partition coefficient (Wildman–Crippen LogP) is 1.93. The molecule has 3 fully saturated rings. The van der Waals surface area contributed by atoms with E-state index < -0.39 is 16.4 Å². The number of carbonyl (C=O) groups is 2. The van der Waals surface area contributed by atoms with Crippen LogP contribution in [0.15, 0.2) is 35.9 Å². The molecule has 1 saturated heterocycles. The Labute approximate surface area is 170 Å². The maximum Gasteiger partial charge on any atom is 0.306 e. The molecule has 0 aromatic heterocycles. The number of hydrogen-bond donors (Lipinski definition) is 3. The molecule has 29 heavy (non-hydrogen) atoms. The van der Waals surface area contributed by atoms with Crippen molar-refractivity contribution in [2.45, 2.75) is 49.6 Å². The van der Waals surface area contributed by atoms with Crippen molar-refractivity contribution in [1.29, 1.82) is 0 Å². The summed E-state index contributed by atoms with van der Waals surface area (Å²) >= 11 is 0. The third kappa shape index (κ3) is 1.94. The number of benzene rings is 1. The fraction of sp³-hybridized carbons (Fsp3) is 0.565. The van der Waals surface area contributed by atoms with E-state index in [1.807, 2.05) is 25.1 Å². The number of hydrogen-bond acceptors (Lipinski definition) is 6. The van der Waals surface area contributed by atoms with Crippen LogP contribution in [0, 0.1) is 11.3 Å². The van der Waals surface area contributed by atoms with E-state index in [-0.39, 0.29) is 36.7 Å². The summed E-state index contributed by atoms with van der Waals surface area (Å²) in [5.74, 6) is -0.149. The molecule has 5 rings (SSSR count). The fourth-order valence-electron chi connectivity index (χ4n) is 7.37. The number of carbonyl (C=O) groups excluding carboxylic acids is 2. The van der Waals surface area contributed by atoms with Crippen molar-refractivity contribution in [2.24, 2.45) is 11.3 Å². The number of piperidine rings is 1. The Bertz CT molecular complexity index is 927. The van der Waals surface area contributed by atoms with Crippen LogP contribution in [-0.4, -0.2) is 48.7 Å². The molecule has 0 spiro atoms. The number of rotatable bonds is 3. The van der Waals surface area contributed by atoms with Crippen molar-refractivity contribution in [3.63, 3.8) is 0 Å². The van der Waals surface area contributed by atoms with E-state index >= 15 is 0 Å². The third-order valence-electron chi connectivity index (χ3n) is 8.41. The Morgan fingerprint density at radius 1 is 1.38 bits per heavy atom. The van der Waals surface area contributed by atoms with Crippen molar-refractivity contribution in [3.8, 4) is 0 Å². The summed E-state index contributed by atoms with van der Waals surface area (Å²) in [5.41, 5.74) is 0.893. The van der Waals surface area contributed by atoms with Crippen molar-refractivity contribution < 1.29 is 19.4 Å². The number of ether oxygens (including phenoxy) is 1. The molecule has 6 nitrogen and oxygen atoms in total. The fourth-order valence-corrected chi connectivity index (χ4v) is 7.37. The summed E-state index contributed by atoms with van der Waals surface area (Å²) in [6.07, 6.45) is 3.98. The molecule has 1 aromatic rings. The molecule has 0 radical (unpaired) electrons. The van der Waals surface area contributed by atoms with E-state index in [0.717, 1.165) is 11.3 Å². The molecule has 5 atom stereocenters. The number of nitrogens with one attached hydrogen (secondary N) is 2. The number of Topliss-reactive ketones (excluding diaryl/α,β-unsaturated/α-hetero) is 1. The van der Waals surface area contributed by atoms with E-state index in [4.69, 9.17) is 4.74 Å². The standard InChI is InChI=1S/C23H28N2O4/c1-3-14-12-24-18-10-16(14)21(13-26,11-20(28)29-2)22-9-8-19(27)23(18,22)25-17-7-5-4-6-15(17)22/h3-7,16,18,24-26H,8-13H2,1-2H3/b14-3-/t16-,18+,21-,22-,23-/m0/s1. The molecular weight excluding hydrogens is 368 g/mol. The molecule has 3 N–H and O–H groups in total. The summed E-state index contributed by atoms with van der Waals surface area (Å²) < 4.78 is 5.10. The molecule has 0 unspecified atom stereocenters. The van der Waals surface area contributed by atoms with Gasteiger partial charge in [0.1, 0.15) is 5.54 Å². The highest BCUT2D eigenvalue weighted by molar-refractivity contribution is 6.01. The minimum absolute atomic E-state index is 0.00910. The van der Waals surface area contributed by atoms with Crippen molar-refractivity contribution >= 4 is 17.4 Å². The summed E-state index contributed by atoms with van der Waals surface area (Å²) in [7, 11) is 1.39. The smallest absolute Gasteiger partial charge is 0.306 e. The number of para-hydroxylation sites is 1. The molecule has 154 valence electrons. The van der Waals surface area contributed by atoms with Crippen molar-refractivity contribution in [1.82, 2.24) is 5.32 Å². The maximum absolute atomic E-state index is 13.6. The van der Waals surface area contributed by atoms with Gasteiger partial charge in [-0.3, -0.25) is 9.59 Å². The van der Waals surface area contributed by atoms with Crippen LogP contribution in [0.3, 0.4) is 0 Å². The van der Waals surface area contributed by atoms with Crippen LogP contribution in [0.2, 0.25) is 0 Å². The highest BCUT2D eigenvalue weighted by Gasteiger charge is 2.79. The number of ketones is 1. The number of esters is 1. The van der Waals surface area contributed by atoms with Gasteiger partial charge < -0.3 is 20.5 Å². The third-order valence-corrected chi connectivity index (χ3v) is 8.41. The van der Waals surface area contributed by atoms with Gasteiger partial charge in [0.25, 0.3) is 0 Å². The lowest BCUT2D eigenvalue weighted by molar-refractivity contribution is -0.156. The number of allylic oxidation sites excluding steroid dienone is 1. The first kappa shape index (κ1) is 18.8. The summed E-state index contributed by atoms with van der Waals surface area (Å²) in [6.45, 7) is 2.51. The minimum Gasteiger partial charge on any atom is -0.469 e. The normalized spacial score (nSPS) is 40.8. The molecule has 2 heterocycles. The monoisotopic (exact) mass is 396 g/mol. The van der Waals surface area contributed by atoms with Gasteiger partial charge in [-0.2, -0.15) is 0 Å². The second-order valence-corrected chi connectivity index (χ2v) is 8.96. The average molecular weight is 396 g/mol. The number of aliphatic hydroxyl groups is 1. The van der Waals surface area contributed by atoms with Gasteiger partial charge in [0.2, 0.25) is 0 Å². The number of anilines is 1. The van der Waals surface area contributed by atoms with Gasteiger partial charge in [-0.1, -0.05) is 29.8 Å². The Balaban J connectivity index is 1.85. The van der Waals surface area contributed by atoms with Crippen molar-refractivity contribution in [3.05, 3.63) is 41.5 Å². The average Bonchev–Trinajstić information content (AvgIpc) is 3.23. The van der Waals surface area contributed by atoms with Gasteiger partial charge >= 0.3 is 5.97 Å². The first-order valence-corrected chi connectivity index (χ1v) is 10.5. The Hall–Kier alpha value is -2.18. The lowest BCUT2D eigenvalue weighted by Crippen LogP contribution is -2.78. The zero-order valence-electron chi connectivity index (χ0n) is 17.0. The van der Waals surface area contributed by atoms with Gasteiger partial charge in [0.05, 0.1) is 20.1 Å². The van der Waals surface area contributed by atoms with Gasteiger partial charge in [0, 0.05) is 35.5 Å². The van der Waals surface area contributed by atoms with Gasteiger partial charge in [-0.05, 0) is 37.3 Å². The van der Waals surface area contributed by atoms with E-state index in [2.05, 4.69) is 22.8 Å². The summed E-state index contributed by atoms with van der Waals surface area (Å²) in [6, 6.07) is 7.99. The van der Waals surface area contributed by atoms with Crippen LogP contribution in [0.4, 0.5) is 5.69 Å². The van der Waals surface area contributed by atoms with Crippen molar-refractivity contribution in [2.75, 3.05) is 25.6 Å². The van der Waals surface area contributed by atoms with E-state index in [1.165, 1.54) is 12.7 Å². The lowest BCUT2D eigenvalue weighted by atomic mass is 9.41. The molecular formula is C23H28N2O4. The molecule has 4 aliphatic rings. The van der Waals surface area contributed by atoms with Crippen LogP contribution >= 0.6 is 0 Å².